The smallest absolute Gasteiger partial charge is 0.138 e. The van der Waals surface area contributed by atoms with Crippen molar-refractivity contribution in [3.63, 3.8) is 0 Å². The molecule has 3 aromatic rings. The predicted molar refractivity (Wildman–Crippen MR) is 64.0 cm³/mol. The van der Waals surface area contributed by atoms with Crippen molar-refractivity contribution < 1.29 is 4.39 Å². The van der Waals surface area contributed by atoms with Crippen molar-refractivity contribution >= 4 is 11.0 Å². The summed E-state index contributed by atoms with van der Waals surface area (Å²) < 4.78 is 13.1. The van der Waals surface area contributed by atoms with E-state index in [9.17, 15) is 4.39 Å². The summed E-state index contributed by atoms with van der Waals surface area (Å²) in [6.45, 7) is 1.92. The lowest BCUT2D eigenvalue weighted by molar-refractivity contribution is 0.629. The van der Waals surface area contributed by atoms with E-state index in [-0.39, 0.29) is 5.82 Å². The van der Waals surface area contributed by atoms with E-state index in [1.165, 1.54) is 12.1 Å². The number of imidazole rings is 1. The molecular formula is C13H10FN3. The van der Waals surface area contributed by atoms with Gasteiger partial charge in [0.05, 0.1) is 11.0 Å². The Kier molecular flexibility index (Phi) is 2.14. The van der Waals surface area contributed by atoms with Gasteiger partial charge in [-0.15, -0.1) is 0 Å². The molecule has 84 valence electrons. The van der Waals surface area contributed by atoms with Gasteiger partial charge in [-0.1, -0.05) is 0 Å². The quantitative estimate of drug-likeness (QED) is 0.694. The highest BCUT2D eigenvalue weighted by molar-refractivity contribution is 5.79. The zero-order valence-electron chi connectivity index (χ0n) is 9.24. The number of pyridine rings is 1. The highest BCUT2D eigenvalue weighted by Crippen LogP contribution is 2.20. The van der Waals surface area contributed by atoms with Crippen molar-refractivity contribution in [3.8, 4) is 11.4 Å². The van der Waals surface area contributed by atoms with Gasteiger partial charge in [-0.3, -0.25) is 4.98 Å². The van der Waals surface area contributed by atoms with Crippen molar-refractivity contribution in [1.82, 2.24) is 15.0 Å². The third-order valence-electron chi connectivity index (χ3n) is 2.61. The van der Waals surface area contributed by atoms with Gasteiger partial charge in [0, 0.05) is 17.5 Å². The highest BCUT2D eigenvalue weighted by atomic mass is 19.1. The molecule has 0 fully saturated rings. The maximum absolute atomic E-state index is 13.1. The average molecular weight is 227 g/mol. The first-order valence-electron chi connectivity index (χ1n) is 5.31. The Labute approximate surface area is 97.3 Å². The van der Waals surface area contributed by atoms with Crippen LogP contribution in [0.3, 0.4) is 0 Å². The van der Waals surface area contributed by atoms with E-state index in [1.54, 1.807) is 12.3 Å². The van der Waals surface area contributed by atoms with Crippen molar-refractivity contribution in [1.29, 1.82) is 0 Å². The van der Waals surface area contributed by atoms with Gasteiger partial charge < -0.3 is 4.98 Å². The molecule has 17 heavy (non-hydrogen) atoms. The van der Waals surface area contributed by atoms with Crippen LogP contribution in [0.15, 0.2) is 36.5 Å². The minimum absolute atomic E-state index is 0.265. The summed E-state index contributed by atoms with van der Waals surface area (Å²) in [6, 6.07) is 8.33. The zero-order valence-corrected chi connectivity index (χ0v) is 9.24. The Bertz CT molecular complexity index is 688. The molecule has 0 unspecified atom stereocenters. The van der Waals surface area contributed by atoms with Gasteiger partial charge in [-0.05, 0) is 37.3 Å². The standard InChI is InChI=1S/C13H10FN3/c1-8-6-9(4-5-15-8)13-16-11-3-2-10(14)7-12(11)17-13/h2-7H,1H3,(H,16,17). The Hall–Kier alpha value is -2.23. The first-order chi connectivity index (χ1) is 8.22. The zero-order chi connectivity index (χ0) is 11.8. The molecule has 0 bridgehead atoms. The summed E-state index contributed by atoms with van der Waals surface area (Å²) in [5.74, 6) is 0.467. The number of fused-ring (bicyclic) bond motifs is 1. The summed E-state index contributed by atoms with van der Waals surface area (Å²) in [5.41, 5.74) is 3.34. The van der Waals surface area contributed by atoms with Crippen molar-refractivity contribution in [2.24, 2.45) is 0 Å². The summed E-state index contributed by atoms with van der Waals surface area (Å²) in [7, 11) is 0. The molecule has 0 saturated carbocycles. The van der Waals surface area contributed by atoms with E-state index in [0.29, 0.717) is 5.52 Å². The Morgan fingerprint density at radius 1 is 1.18 bits per heavy atom. The number of hydrogen-bond donors (Lipinski definition) is 1. The van der Waals surface area contributed by atoms with Crippen LogP contribution < -0.4 is 0 Å². The Balaban J connectivity index is 2.18. The van der Waals surface area contributed by atoms with Gasteiger partial charge in [-0.25, -0.2) is 9.37 Å². The van der Waals surface area contributed by atoms with E-state index in [2.05, 4.69) is 15.0 Å². The molecule has 3 rings (SSSR count). The lowest BCUT2D eigenvalue weighted by Gasteiger charge is -1.96. The molecule has 1 N–H and O–H groups in total. The number of aromatic nitrogens is 3. The second kappa shape index (κ2) is 3.66. The molecule has 0 aliphatic heterocycles. The van der Waals surface area contributed by atoms with E-state index < -0.39 is 0 Å². The van der Waals surface area contributed by atoms with Gasteiger partial charge in [0.1, 0.15) is 11.6 Å². The number of nitrogens with zero attached hydrogens (tertiary/aromatic N) is 2. The second-order valence-electron chi connectivity index (χ2n) is 3.93. The van der Waals surface area contributed by atoms with Gasteiger partial charge in [0.25, 0.3) is 0 Å². The van der Waals surface area contributed by atoms with Crippen LogP contribution in [0, 0.1) is 12.7 Å². The first-order valence-corrected chi connectivity index (χ1v) is 5.31. The number of rotatable bonds is 1. The van der Waals surface area contributed by atoms with Crippen LogP contribution in [0.1, 0.15) is 5.69 Å². The van der Waals surface area contributed by atoms with E-state index in [1.807, 2.05) is 19.1 Å². The molecule has 0 spiro atoms. The van der Waals surface area contributed by atoms with Gasteiger partial charge in [0.15, 0.2) is 0 Å². The summed E-state index contributed by atoms with van der Waals surface area (Å²) in [5, 5.41) is 0. The fraction of sp³-hybridized carbons (Fsp3) is 0.0769. The second-order valence-corrected chi connectivity index (χ2v) is 3.93. The summed E-state index contributed by atoms with van der Waals surface area (Å²) >= 11 is 0. The van der Waals surface area contributed by atoms with Crippen LogP contribution in [-0.2, 0) is 0 Å². The monoisotopic (exact) mass is 227 g/mol. The van der Waals surface area contributed by atoms with E-state index >= 15 is 0 Å². The van der Waals surface area contributed by atoms with Gasteiger partial charge in [0.2, 0.25) is 0 Å². The van der Waals surface area contributed by atoms with Crippen LogP contribution >= 0.6 is 0 Å². The molecule has 2 heterocycles. The van der Waals surface area contributed by atoms with Crippen molar-refractivity contribution in [3.05, 3.63) is 48.0 Å². The molecular weight excluding hydrogens is 217 g/mol. The molecule has 1 aromatic carbocycles. The lowest BCUT2D eigenvalue weighted by atomic mass is 10.2. The highest BCUT2D eigenvalue weighted by Gasteiger charge is 2.06. The van der Waals surface area contributed by atoms with E-state index in [4.69, 9.17) is 0 Å². The maximum Gasteiger partial charge on any atom is 0.138 e. The van der Waals surface area contributed by atoms with Gasteiger partial charge >= 0.3 is 0 Å². The SMILES string of the molecule is Cc1cc(-c2nc3ccc(F)cc3[nH]2)ccn1. The number of halogens is 1. The molecule has 0 saturated heterocycles. The average Bonchev–Trinajstić information content (AvgIpc) is 2.72. The number of hydrogen-bond acceptors (Lipinski definition) is 2. The van der Waals surface area contributed by atoms with Crippen molar-refractivity contribution in [2.75, 3.05) is 0 Å². The number of aryl methyl sites for hydroxylation is 1. The molecule has 0 aliphatic rings. The fourth-order valence-electron chi connectivity index (χ4n) is 1.81. The molecule has 3 nitrogen and oxygen atoms in total. The topological polar surface area (TPSA) is 41.6 Å². The predicted octanol–water partition coefficient (Wildman–Crippen LogP) is 3.07. The first kappa shape index (κ1) is 9.96. The third-order valence-corrected chi connectivity index (χ3v) is 2.61. The number of nitrogens with one attached hydrogen (secondary N) is 1. The van der Waals surface area contributed by atoms with Crippen LogP contribution in [0.2, 0.25) is 0 Å². The molecule has 2 aromatic heterocycles. The Morgan fingerprint density at radius 2 is 2.06 bits per heavy atom. The molecule has 0 aliphatic carbocycles. The number of benzene rings is 1. The summed E-state index contributed by atoms with van der Waals surface area (Å²) in [6.07, 6.45) is 1.73. The fourth-order valence-corrected chi connectivity index (χ4v) is 1.81. The van der Waals surface area contributed by atoms with Crippen LogP contribution in [-0.4, -0.2) is 15.0 Å². The molecule has 0 radical (unpaired) electrons. The van der Waals surface area contributed by atoms with Crippen LogP contribution in [0.5, 0.6) is 0 Å². The maximum atomic E-state index is 13.1. The lowest BCUT2D eigenvalue weighted by Crippen LogP contribution is -1.84. The Morgan fingerprint density at radius 3 is 2.88 bits per heavy atom. The minimum atomic E-state index is -0.265. The largest absolute Gasteiger partial charge is 0.338 e. The molecule has 0 atom stereocenters. The summed E-state index contributed by atoms with van der Waals surface area (Å²) in [4.78, 5) is 11.6. The van der Waals surface area contributed by atoms with Crippen LogP contribution in [0.25, 0.3) is 22.4 Å². The number of aromatic amines is 1. The third kappa shape index (κ3) is 1.78. The number of H-pyrrole nitrogens is 1. The van der Waals surface area contributed by atoms with E-state index in [0.717, 1.165) is 22.6 Å². The molecule has 4 heteroatoms. The van der Waals surface area contributed by atoms with Crippen molar-refractivity contribution in [2.45, 2.75) is 6.92 Å². The van der Waals surface area contributed by atoms with Gasteiger partial charge in [-0.2, -0.15) is 0 Å². The molecule has 0 amide bonds. The normalized spacial score (nSPS) is 10.9. The minimum Gasteiger partial charge on any atom is -0.338 e. The van der Waals surface area contributed by atoms with Crippen LogP contribution in [0.4, 0.5) is 4.39 Å².